The van der Waals surface area contributed by atoms with Gasteiger partial charge in [0.05, 0.1) is 18.9 Å². The summed E-state index contributed by atoms with van der Waals surface area (Å²) in [6, 6.07) is 1.86. The summed E-state index contributed by atoms with van der Waals surface area (Å²) in [7, 11) is 3.16. The number of carbonyl (C=O) groups is 1. The number of ether oxygens (including phenoxy) is 2. The topological polar surface area (TPSA) is 64.5 Å². The molecule has 0 spiro atoms. The van der Waals surface area contributed by atoms with E-state index in [0.717, 1.165) is 25.1 Å². The molecule has 1 aliphatic rings. The zero-order chi connectivity index (χ0) is 13.0. The largest absolute Gasteiger partial charge is 0.468 e. The van der Waals surface area contributed by atoms with Crippen LogP contribution >= 0.6 is 0 Å². The van der Waals surface area contributed by atoms with Crippen LogP contribution in [0.1, 0.15) is 24.6 Å². The number of carbonyl (C=O) groups excluding carboxylic acids is 1. The quantitative estimate of drug-likeness (QED) is 0.742. The second kappa shape index (κ2) is 5.77. The molecule has 6 nitrogen and oxygen atoms in total. The lowest BCUT2D eigenvalue weighted by molar-refractivity contribution is -0.138. The lowest BCUT2D eigenvalue weighted by atomic mass is 10.2. The van der Waals surface area contributed by atoms with Crippen LogP contribution in [0.2, 0.25) is 0 Å². The minimum atomic E-state index is -0.297. The van der Waals surface area contributed by atoms with Crippen LogP contribution in [0.25, 0.3) is 0 Å². The molecule has 1 aromatic heterocycles. The van der Waals surface area contributed by atoms with Crippen molar-refractivity contribution in [1.82, 2.24) is 9.97 Å². The first-order valence-corrected chi connectivity index (χ1v) is 5.92. The van der Waals surface area contributed by atoms with E-state index in [1.165, 1.54) is 13.4 Å². The van der Waals surface area contributed by atoms with Crippen molar-refractivity contribution in [2.24, 2.45) is 0 Å². The fourth-order valence-electron chi connectivity index (χ4n) is 1.90. The summed E-state index contributed by atoms with van der Waals surface area (Å²) < 4.78 is 10.2. The smallest absolute Gasteiger partial charge is 0.325 e. The van der Waals surface area contributed by atoms with Crippen LogP contribution in [0.15, 0.2) is 12.4 Å². The summed E-state index contributed by atoms with van der Waals surface area (Å²) in [5, 5.41) is 0. The molecule has 18 heavy (non-hydrogen) atoms. The Bertz CT molecular complexity index is 419. The predicted molar refractivity (Wildman–Crippen MR) is 65.2 cm³/mol. The third-order valence-corrected chi connectivity index (χ3v) is 2.92. The maximum absolute atomic E-state index is 11.2. The molecule has 0 amide bonds. The van der Waals surface area contributed by atoms with Gasteiger partial charge in [0.25, 0.3) is 0 Å². The molecule has 0 aliphatic carbocycles. The van der Waals surface area contributed by atoms with Gasteiger partial charge >= 0.3 is 5.97 Å². The fraction of sp³-hybridized carbons (Fsp3) is 0.583. The minimum absolute atomic E-state index is 0.0540. The van der Waals surface area contributed by atoms with Crippen molar-refractivity contribution in [2.75, 3.05) is 32.2 Å². The monoisotopic (exact) mass is 251 g/mol. The Morgan fingerprint density at radius 2 is 2.44 bits per heavy atom. The fourth-order valence-corrected chi connectivity index (χ4v) is 1.90. The number of likely N-dealkylation sites (N-methyl/N-ethyl adjacent to an activating group) is 1. The van der Waals surface area contributed by atoms with Crippen LogP contribution in [0.4, 0.5) is 5.82 Å². The van der Waals surface area contributed by atoms with Crippen molar-refractivity contribution in [2.45, 2.75) is 18.9 Å². The molecule has 2 heterocycles. The van der Waals surface area contributed by atoms with Gasteiger partial charge in [-0.25, -0.2) is 9.97 Å². The average molecular weight is 251 g/mol. The van der Waals surface area contributed by atoms with Gasteiger partial charge in [-0.05, 0) is 12.8 Å². The lowest BCUT2D eigenvalue weighted by Crippen LogP contribution is -2.27. The van der Waals surface area contributed by atoms with Crippen LogP contribution in [0.3, 0.4) is 0 Å². The molecule has 1 unspecified atom stereocenters. The van der Waals surface area contributed by atoms with Gasteiger partial charge in [-0.2, -0.15) is 0 Å². The Morgan fingerprint density at radius 1 is 1.61 bits per heavy atom. The van der Waals surface area contributed by atoms with Gasteiger partial charge in [0.2, 0.25) is 0 Å². The molecule has 1 saturated heterocycles. The van der Waals surface area contributed by atoms with Gasteiger partial charge in [0, 0.05) is 19.7 Å². The van der Waals surface area contributed by atoms with Crippen LogP contribution in [0, 0.1) is 0 Å². The maximum atomic E-state index is 11.2. The second-order valence-electron chi connectivity index (χ2n) is 4.23. The molecule has 0 N–H and O–H groups in total. The van der Waals surface area contributed by atoms with E-state index in [-0.39, 0.29) is 18.6 Å². The number of methoxy groups -OCH3 is 1. The van der Waals surface area contributed by atoms with E-state index in [0.29, 0.717) is 5.82 Å². The van der Waals surface area contributed by atoms with Gasteiger partial charge < -0.3 is 14.4 Å². The van der Waals surface area contributed by atoms with E-state index in [1.807, 2.05) is 6.07 Å². The van der Waals surface area contributed by atoms with Crippen LogP contribution in [0.5, 0.6) is 0 Å². The third kappa shape index (κ3) is 2.95. The molecule has 0 saturated carbocycles. The van der Waals surface area contributed by atoms with E-state index >= 15 is 0 Å². The van der Waals surface area contributed by atoms with E-state index in [1.54, 1.807) is 11.9 Å². The first-order chi connectivity index (χ1) is 8.70. The highest BCUT2D eigenvalue weighted by Gasteiger charge is 2.20. The maximum Gasteiger partial charge on any atom is 0.325 e. The van der Waals surface area contributed by atoms with Crippen molar-refractivity contribution in [3.05, 3.63) is 18.1 Å². The Hall–Kier alpha value is -1.69. The summed E-state index contributed by atoms with van der Waals surface area (Å²) in [5.74, 6) is 0.399. The van der Waals surface area contributed by atoms with Crippen LogP contribution < -0.4 is 4.90 Å². The Balaban J connectivity index is 2.08. The second-order valence-corrected chi connectivity index (χ2v) is 4.23. The zero-order valence-electron chi connectivity index (χ0n) is 10.6. The van der Waals surface area contributed by atoms with Gasteiger partial charge in [-0.3, -0.25) is 4.79 Å². The Labute approximate surface area is 106 Å². The van der Waals surface area contributed by atoms with E-state index in [9.17, 15) is 4.79 Å². The molecule has 2 rings (SSSR count). The summed E-state index contributed by atoms with van der Waals surface area (Å²) in [5.41, 5.74) is 0.870. The molecule has 98 valence electrons. The van der Waals surface area contributed by atoms with Gasteiger partial charge in [0.1, 0.15) is 18.7 Å². The normalized spacial score (nSPS) is 18.7. The van der Waals surface area contributed by atoms with Crippen LogP contribution in [-0.2, 0) is 14.3 Å². The highest BCUT2D eigenvalue weighted by Crippen LogP contribution is 2.28. The van der Waals surface area contributed by atoms with Gasteiger partial charge in [-0.15, -0.1) is 0 Å². The summed E-state index contributed by atoms with van der Waals surface area (Å²) in [6.45, 7) is 0.945. The van der Waals surface area contributed by atoms with E-state index in [2.05, 4.69) is 14.7 Å². The lowest BCUT2D eigenvalue weighted by Gasteiger charge is -2.17. The first-order valence-electron chi connectivity index (χ1n) is 5.92. The van der Waals surface area contributed by atoms with E-state index < -0.39 is 0 Å². The number of rotatable bonds is 4. The number of aromatic nitrogens is 2. The Morgan fingerprint density at radius 3 is 3.11 bits per heavy atom. The third-order valence-electron chi connectivity index (χ3n) is 2.92. The Kier molecular flexibility index (Phi) is 4.09. The van der Waals surface area contributed by atoms with Gasteiger partial charge in [0.15, 0.2) is 0 Å². The predicted octanol–water partition coefficient (Wildman–Crippen LogP) is 0.937. The number of hydrogen-bond acceptors (Lipinski definition) is 6. The molecule has 0 aromatic carbocycles. The van der Waals surface area contributed by atoms with Gasteiger partial charge in [-0.1, -0.05) is 0 Å². The molecular formula is C12H17N3O3. The van der Waals surface area contributed by atoms with E-state index in [4.69, 9.17) is 4.74 Å². The highest BCUT2D eigenvalue weighted by atomic mass is 16.5. The van der Waals surface area contributed by atoms with Crippen molar-refractivity contribution in [3.63, 3.8) is 0 Å². The molecule has 1 aromatic rings. The highest BCUT2D eigenvalue weighted by molar-refractivity contribution is 5.74. The zero-order valence-corrected chi connectivity index (χ0v) is 10.6. The van der Waals surface area contributed by atoms with Crippen molar-refractivity contribution < 1.29 is 14.3 Å². The summed E-state index contributed by atoms with van der Waals surface area (Å²) in [6.07, 6.45) is 3.59. The molecule has 0 bridgehead atoms. The number of esters is 1. The summed E-state index contributed by atoms with van der Waals surface area (Å²) >= 11 is 0. The molecule has 0 radical (unpaired) electrons. The molecular weight excluding hydrogens is 234 g/mol. The first kappa shape index (κ1) is 12.8. The molecule has 1 atom stereocenters. The molecule has 1 fully saturated rings. The van der Waals surface area contributed by atoms with Crippen molar-refractivity contribution in [3.8, 4) is 0 Å². The summed E-state index contributed by atoms with van der Waals surface area (Å²) in [4.78, 5) is 21.3. The SMILES string of the molecule is COC(=O)CN(C)c1cc(C2CCCO2)ncn1. The van der Waals surface area contributed by atoms with Crippen LogP contribution in [-0.4, -0.2) is 43.2 Å². The minimum Gasteiger partial charge on any atom is -0.468 e. The molecule has 1 aliphatic heterocycles. The number of hydrogen-bond donors (Lipinski definition) is 0. The van der Waals surface area contributed by atoms with Crippen molar-refractivity contribution >= 4 is 11.8 Å². The molecule has 6 heteroatoms. The standard InChI is InChI=1S/C12H17N3O3/c1-15(7-12(16)17-2)11-6-9(13-8-14-11)10-4-3-5-18-10/h6,8,10H,3-5,7H2,1-2H3. The number of nitrogens with zero attached hydrogens (tertiary/aromatic N) is 3. The average Bonchev–Trinajstić information content (AvgIpc) is 2.92. The van der Waals surface area contributed by atoms with Crippen molar-refractivity contribution in [1.29, 1.82) is 0 Å². The number of anilines is 1.